The van der Waals surface area contributed by atoms with E-state index in [1.165, 1.54) is 24.7 Å². The lowest BCUT2D eigenvalue weighted by molar-refractivity contribution is -0.0439. The number of aryl methyl sites for hydroxylation is 1. The maximum absolute atomic E-state index is 13.7. The maximum atomic E-state index is 13.7. The molecule has 236 valence electrons. The van der Waals surface area contributed by atoms with E-state index < -0.39 is 51.5 Å². The quantitative estimate of drug-likeness (QED) is 0.158. The average Bonchev–Trinajstić information content (AvgIpc) is 3.49. The van der Waals surface area contributed by atoms with E-state index >= 15 is 0 Å². The second-order valence-electron chi connectivity index (χ2n) is 10.6. The first-order valence-electron chi connectivity index (χ1n) is 14.3. The third kappa shape index (κ3) is 11.8. The third-order valence-electron chi connectivity index (χ3n) is 6.83. The summed E-state index contributed by atoms with van der Waals surface area (Å²) in [6.07, 6.45) is 2.39. The number of aliphatic hydroxyl groups is 1. The Morgan fingerprint density at radius 1 is 1.14 bits per heavy atom. The molecule has 0 bridgehead atoms. The summed E-state index contributed by atoms with van der Waals surface area (Å²) in [6, 6.07) is 10.1. The van der Waals surface area contributed by atoms with Crippen molar-refractivity contribution < 1.29 is 31.8 Å². The van der Waals surface area contributed by atoms with Crippen LogP contribution in [0.5, 0.6) is 0 Å². The topological polar surface area (TPSA) is 151 Å². The highest BCUT2D eigenvalue weighted by molar-refractivity contribution is 7.91. The normalized spacial score (nSPS) is 14.0. The molecule has 1 heterocycles. The second-order valence-corrected chi connectivity index (χ2v) is 12.8. The fraction of sp³-hybridized carbons (Fsp3) is 0.467. The number of ether oxygens (including phenoxy) is 1. The molecule has 0 spiro atoms. The predicted molar refractivity (Wildman–Crippen MR) is 160 cm³/mol. The van der Waals surface area contributed by atoms with Crippen molar-refractivity contribution in [2.24, 2.45) is 5.73 Å². The van der Waals surface area contributed by atoms with Crippen molar-refractivity contribution in [3.8, 4) is 0 Å². The molecule has 0 saturated heterocycles. The molecule has 0 aliphatic carbocycles. The molecule has 3 aromatic rings. The number of nitrogens with zero attached hydrogens (tertiary/aromatic N) is 2. The van der Waals surface area contributed by atoms with Crippen LogP contribution in [0.3, 0.4) is 0 Å². The molecule has 0 aliphatic heterocycles. The van der Waals surface area contributed by atoms with Crippen molar-refractivity contribution in [3.63, 3.8) is 0 Å². The number of aromatic nitrogens is 2. The van der Waals surface area contributed by atoms with Crippen molar-refractivity contribution in [3.05, 3.63) is 89.0 Å². The molecular formula is C30H41F2N5O5S. The molecule has 13 heteroatoms. The van der Waals surface area contributed by atoms with Gasteiger partial charge in [0.1, 0.15) is 30.3 Å². The van der Waals surface area contributed by atoms with Crippen LogP contribution in [-0.4, -0.2) is 77.5 Å². The van der Waals surface area contributed by atoms with Gasteiger partial charge in [-0.15, -0.1) is 0 Å². The summed E-state index contributed by atoms with van der Waals surface area (Å²) in [5.41, 5.74) is 8.64. The van der Waals surface area contributed by atoms with Gasteiger partial charge >= 0.3 is 0 Å². The molecule has 0 aliphatic rings. The molecule has 1 aromatic heterocycles. The number of hydrogen-bond acceptors (Lipinski definition) is 8. The number of H-pyrrole nitrogens is 1. The van der Waals surface area contributed by atoms with Crippen LogP contribution >= 0.6 is 0 Å². The number of nitrogens with two attached hydrogens (primary N) is 1. The highest BCUT2D eigenvalue weighted by Gasteiger charge is 2.25. The van der Waals surface area contributed by atoms with Gasteiger partial charge in [0.2, 0.25) is 0 Å². The van der Waals surface area contributed by atoms with E-state index in [1.54, 1.807) is 4.90 Å². The van der Waals surface area contributed by atoms with E-state index in [2.05, 4.69) is 15.3 Å². The van der Waals surface area contributed by atoms with Crippen molar-refractivity contribution in [2.45, 2.75) is 64.4 Å². The van der Waals surface area contributed by atoms with Gasteiger partial charge in [-0.05, 0) is 48.1 Å². The van der Waals surface area contributed by atoms with Crippen LogP contribution in [0.2, 0.25) is 0 Å². The largest absolute Gasteiger partial charge is 0.390 e. The molecular weight excluding hydrogens is 580 g/mol. The smallest absolute Gasteiger partial charge is 0.273 e. The first-order valence-corrected chi connectivity index (χ1v) is 16.1. The Labute approximate surface area is 251 Å². The number of halogens is 2. The molecule has 0 saturated carbocycles. The first-order chi connectivity index (χ1) is 20.5. The highest BCUT2D eigenvalue weighted by Crippen LogP contribution is 2.14. The Hall–Kier alpha value is -3.23. The number of aromatic amines is 1. The van der Waals surface area contributed by atoms with Crippen molar-refractivity contribution in [1.29, 1.82) is 0 Å². The zero-order chi connectivity index (χ0) is 31.4. The predicted octanol–water partition coefficient (Wildman–Crippen LogP) is 2.93. The summed E-state index contributed by atoms with van der Waals surface area (Å²) in [5, 5.41) is 13.6. The fourth-order valence-corrected chi connectivity index (χ4v) is 6.05. The van der Waals surface area contributed by atoms with Crippen LogP contribution in [0.25, 0.3) is 0 Å². The van der Waals surface area contributed by atoms with Crippen LogP contribution in [0.15, 0.2) is 55.0 Å². The Bertz CT molecular complexity index is 1390. The van der Waals surface area contributed by atoms with Gasteiger partial charge in [0.05, 0.1) is 23.9 Å². The van der Waals surface area contributed by atoms with Crippen LogP contribution in [0, 0.1) is 11.6 Å². The number of carbonyl (C=O) groups excluding carboxylic acids is 1. The first kappa shape index (κ1) is 34.3. The van der Waals surface area contributed by atoms with Crippen LogP contribution in [-0.2, 0) is 34.0 Å². The molecule has 0 unspecified atom stereocenters. The molecule has 5 N–H and O–H groups in total. The van der Waals surface area contributed by atoms with Crippen molar-refractivity contribution in [2.75, 3.05) is 24.8 Å². The van der Waals surface area contributed by atoms with E-state index in [9.17, 15) is 27.1 Å². The number of imidazole rings is 1. The van der Waals surface area contributed by atoms with Crippen molar-refractivity contribution >= 4 is 15.7 Å². The van der Waals surface area contributed by atoms with Gasteiger partial charge < -0.3 is 25.9 Å². The third-order valence-corrected chi connectivity index (χ3v) is 8.56. The second kappa shape index (κ2) is 16.6. The summed E-state index contributed by atoms with van der Waals surface area (Å²) in [5.74, 6) is -2.58. The Balaban J connectivity index is 1.77. The van der Waals surface area contributed by atoms with Crippen LogP contribution < -0.4 is 11.1 Å². The average molecular weight is 622 g/mol. The summed E-state index contributed by atoms with van der Waals surface area (Å²) < 4.78 is 58.9. The summed E-state index contributed by atoms with van der Waals surface area (Å²) in [7, 11) is -3.57. The molecule has 0 radical (unpaired) electrons. The minimum Gasteiger partial charge on any atom is -0.390 e. The lowest BCUT2D eigenvalue weighted by Gasteiger charge is -2.30. The number of benzene rings is 2. The lowest BCUT2D eigenvalue weighted by atomic mass is 10.0. The van der Waals surface area contributed by atoms with Gasteiger partial charge in [0, 0.05) is 31.4 Å². The van der Waals surface area contributed by atoms with Crippen molar-refractivity contribution in [1.82, 2.24) is 20.2 Å². The van der Waals surface area contributed by atoms with E-state index in [0.29, 0.717) is 24.9 Å². The monoisotopic (exact) mass is 621 g/mol. The number of unbranched alkanes of at least 4 members (excludes halogenated alkanes) is 1. The van der Waals surface area contributed by atoms with Gasteiger partial charge in [0.15, 0.2) is 9.84 Å². The summed E-state index contributed by atoms with van der Waals surface area (Å²) >= 11 is 0. The number of hydrogen-bond donors (Lipinski definition) is 4. The number of carbonyl (C=O) groups is 1. The van der Waals surface area contributed by atoms with Gasteiger partial charge in [-0.1, -0.05) is 44.5 Å². The Morgan fingerprint density at radius 2 is 1.86 bits per heavy atom. The van der Waals surface area contributed by atoms with Crippen LogP contribution in [0.4, 0.5) is 8.78 Å². The number of rotatable bonds is 18. The maximum Gasteiger partial charge on any atom is 0.273 e. The van der Waals surface area contributed by atoms with E-state index in [0.717, 1.165) is 23.6 Å². The number of sulfone groups is 1. The Morgan fingerprint density at radius 3 is 2.51 bits per heavy atom. The molecule has 3 atom stereocenters. The molecule has 1 amide bonds. The zero-order valence-electron chi connectivity index (χ0n) is 24.5. The number of amides is 1. The van der Waals surface area contributed by atoms with Gasteiger partial charge in [-0.2, -0.15) is 0 Å². The SMILES string of the molecule is CCCCS(=O)(=O)C[C@@H](NC(=O)c1c[nH]cn1)OCN(Cc1cccc(CC)c1)C[C@@H](O)[C@@H](N)Cc1cc(F)cc(F)c1. The molecule has 0 fully saturated rings. The minimum atomic E-state index is -3.57. The summed E-state index contributed by atoms with van der Waals surface area (Å²) in [6.45, 7) is 4.06. The minimum absolute atomic E-state index is 0.00205. The number of aliphatic hydroxyl groups excluding tert-OH is 1. The molecule has 2 aromatic carbocycles. The van der Waals surface area contributed by atoms with E-state index in [1.807, 2.05) is 38.1 Å². The van der Waals surface area contributed by atoms with Gasteiger partial charge in [0.25, 0.3) is 5.91 Å². The lowest BCUT2D eigenvalue weighted by Crippen LogP contribution is -2.48. The van der Waals surface area contributed by atoms with Crippen LogP contribution in [0.1, 0.15) is 53.9 Å². The van der Waals surface area contributed by atoms with E-state index in [-0.39, 0.29) is 31.1 Å². The van der Waals surface area contributed by atoms with E-state index in [4.69, 9.17) is 10.5 Å². The zero-order valence-corrected chi connectivity index (χ0v) is 25.3. The highest BCUT2D eigenvalue weighted by atomic mass is 32.2. The summed E-state index contributed by atoms with van der Waals surface area (Å²) in [4.78, 5) is 21.0. The van der Waals surface area contributed by atoms with Gasteiger partial charge in [-0.25, -0.2) is 22.2 Å². The molecule has 10 nitrogen and oxygen atoms in total. The van der Waals surface area contributed by atoms with Gasteiger partial charge in [-0.3, -0.25) is 9.69 Å². The fourth-order valence-electron chi connectivity index (χ4n) is 4.52. The number of nitrogens with one attached hydrogen (secondary N) is 2. The molecule has 3 rings (SSSR count). The standard InChI is InChI=1S/C30H41F2N5O5S/c1-3-5-9-43(40,41)18-29(36-30(39)27-15-34-19-35-27)42-20-37(16-22-8-6-7-21(4-2)10-22)17-28(38)26(33)13-23-11-24(31)14-25(32)12-23/h6-8,10-12,14-15,19,26,28-29,38H,3-5,9,13,16-18,20,33H2,1-2H3,(H,34,35)(H,36,39)/t26-,28+,29-/m0/s1. The molecule has 43 heavy (non-hydrogen) atoms. The Kier molecular flexibility index (Phi) is 13.2.